The number of fused-ring (bicyclic) bond motifs is 1. The summed E-state index contributed by atoms with van der Waals surface area (Å²) in [5.74, 6) is 0.124. The number of nitrogens with zero attached hydrogens (tertiary/aromatic N) is 1. The quantitative estimate of drug-likeness (QED) is 0.486. The molecule has 0 radical (unpaired) electrons. The zero-order valence-electron chi connectivity index (χ0n) is 16.6. The smallest absolute Gasteiger partial charge is 0.271 e. The van der Waals surface area contributed by atoms with Gasteiger partial charge in [0.15, 0.2) is 0 Å². The van der Waals surface area contributed by atoms with Crippen LogP contribution >= 0.6 is 0 Å². The first-order valence-electron chi connectivity index (χ1n) is 9.33. The Bertz CT molecular complexity index is 1070. The molecule has 3 aromatic carbocycles. The Hall–Kier alpha value is -3.67. The van der Waals surface area contributed by atoms with Crippen LogP contribution in [0.4, 0.5) is 5.69 Å². The maximum Gasteiger partial charge on any atom is 0.271 e. The second kappa shape index (κ2) is 9.01. The minimum Gasteiger partial charge on any atom is -0.490 e. The molecule has 2 amide bonds. The van der Waals surface area contributed by atoms with Crippen LogP contribution in [0.15, 0.2) is 65.8 Å². The third kappa shape index (κ3) is 5.19. The predicted octanol–water partition coefficient (Wildman–Crippen LogP) is 4.35. The number of ether oxygens (including phenoxy) is 1. The van der Waals surface area contributed by atoms with Crippen molar-refractivity contribution in [1.29, 1.82) is 0 Å². The van der Waals surface area contributed by atoms with Crippen molar-refractivity contribution in [2.24, 2.45) is 5.10 Å². The molecule has 6 heteroatoms. The van der Waals surface area contributed by atoms with Crippen molar-refractivity contribution in [3.05, 3.63) is 71.8 Å². The molecule has 0 saturated carbocycles. The molecular formula is C23H23N3O3. The Labute approximate surface area is 169 Å². The van der Waals surface area contributed by atoms with E-state index in [1.165, 1.54) is 6.92 Å². The lowest BCUT2D eigenvalue weighted by Crippen LogP contribution is -2.18. The average Bonchev–Trinajstić information content (AvgIpc) is 2.68. The summed E-state index contributed by atoms with van der Waals surface area (Å²) in [5.41, 5.74) is 4.28. The van der Waals surface area contributed by atoms with Crippen molar-refractivity contribution >= 4 is 34.5 Å². The highest BCUT2D eigenvalue weighted by Gasteiger charge is 2.10. The molecule has 29 heavy (non-hydrogen) atoms. The van der Waals surface area contributed by atoms with Crippen molar-refractivity contribution in [3.63, 3.8) is 0 Å². The summed E-state index contributed by atoms with van der Waals surface area (Å²) in [6.07, 6.45) is 1.60. The third-order valence-corrected chi connectivity index (χ3v) is 4.10. The fourth-order valence-corrected chi connectivity index (χ4v) is 2.93. The maximum atomic E-state index is 12.4. The van der Waals surface area contributed by atoms with Crippen LogP contribution in [0.2, 0.25) is 0 Å². The molecule has 0 heterocycles. The molecule has 0 bridgehead atoms. The van der Waals surface area contributed by atoms with Crippen LogP contribution in [0, 0.1) is 0 Å². The summed E-state index contributed by atoms with van der Waals surface area (Å²) in [4.78, 5) is 23.6. The molecule has 0 aliphatic heterocycles. The lowest BCUT2D eigenvalue weighted by molar-refractivity contribution is -0.114. The number of hydrogen-bond acceptors (Lipinski definition) is 4. The molecule has 0 fully saturated rings. The second-order valence-corrected chi connectivity index (χ2v) is 6.83. The van der Waals surface area contributed by atoms with E-state index in [1.54, 1.807) is 30.5 Å². The number of carbonyl (C=O) groups is 2. The Morgan fingerprint density at radius 2 is 1.83 bits per heavy atom. The topological polar surface area (TPSA) is 79.8 Å². The number of amides is 2. The first kappa shape index (κ1) is 20.1. The van der Waals surface area contributed by atoms with Gasteiger partial charge in [0.25, 0.3) is 5.91 Å². The van der Waals surface area contributed by atoms with Crippen LogP contribution in [-0.2, 0) is 4.79 Å². The summed E-state index contributed by atoms with van der Waals surface area (Å²) in [6, 6.07) is 18.5. The molecule has 0 unspecified atom stereocenters. The normalized spacial score (nSPS) is 11.0. The molecule has 0 saturated heterocycles. The number of hydrazone groups is 1. The number of rotatable bonds is 6. The molecule has 6 nitrogen and oxygen atoms in total. The van der Waals surface area contributed by atoms with Gasteiger partial charge in [-0.1, -0.05) is 36.4 Å². The van der Waals surface area contributed by atoms with Crippen LogP contribution in [-0.4, -0.2) is 24.1 Å². The van der Waals surface area contributed by atoms with Gasteiger partial charge in [0.1, 0.15) is 5.75 Å². The zero-order valence-corrected chi connectivity index (χ0v) is 16.6. The van der Waals surface area contributed by atoms with Gasteiger partial charge >= 0.3 is 0 Å². The van der Waals surface area contributed by atoms with Crippen LogP contribution in [0.25, 0.3) is 10.8 Å². The van der Waals surface area contributed by atoms with Crippen molar-refractivity contribution in [1.82, 2.24) is 5.43 Å². The van der Waals surface area contributed by atoms with E-state index in [4.69, 9.17) is 4.74 Å². The summed E-state index contributed by atoms with van der Waals surface area (Å²) in [7, 11) is 0. The first-order chi connectivity index (χ1) is 13.9. The molecule has 3 aromatic rings. The lowest BCUT2D eigenvalue weighted by atomic mass is 10.0. The van der Waals surface area contributed by atoms with E-state index in [9.17, 15) is 9.59 Å². The van der Waals surface area contributed by atoms with Gasteiger partial charge in [-0.15, -0.1) is 0 Å². The van der Waals surface area contributed by atoms with E-state index in [-0.39, 0.29) is 17.9 Å². The first-order valence-corrected chi connectivity index (χ1v) is 9.33. The SMILES string of the molecule is CC(=O)Nc1cccc(C(=O)NN=Cc2c(OC(C)C)ccc3ccccc23)c1. The van der Waals surface area contributed by atoms with E-state index in [1.807, 2.05) is 50.2 Å². The van der Waals surface area contributed by atoms with Crippen LogP contribution in [0.5, 0.6) is 5.75 Å². The standard InChI is InChI=1S/C23H23N3O3/c1-15(2)29-22-12-11-17-7-4-5-10-20(17)21(22)14-24-26-23(28)18-8-6-9-19(13-18)25-16(3)27/h4-15H,1-3H3,(H,25,27)(H,26,28). The van der Waals surface area contributed by atoms with Gasteiger partial charge in [0, 0.05) is 23.7 Å². The van der Waals surface area contributed by atoms with Gasteiger partial charge in [-0.2, -0.15) is 5.10 Å². The molecule has 0 atom stereocenters. The summed E-state index contributed by atoms with van der Waals surface area (Å²) >= 11 is 0. The zero-order chi connectivity index (χ0) is 20.8. The fraction of sp³-hybridized carbons (Fsp3) is 0.174. The Balaban J connectivity index is 1.83. The van der Waals surface area contributed by atoms with Crippen molar-refractivity contribution in [2.75, 3.05) is 5.32 Å². The monoisotopic (exact) mass is 389 g/mol. The van der Waals surface area contributed by atoms with Gasteiger partial charge < -0.3 is 10.1 Å². The minimum absolute atomic E-state index is 0.00872. The summed E-state index contributed by atoms with van der Waals surface area (Å²) in [5, 5.41) is 8.83. The van der Waals surface area contributed by atoms with E-state index in [0.717, 1.165) is 16.3 Å². The van der Waals surface area contributed by atoms with Gasteiger partial charge in [0.05, 0.1) is 12.3 Å². The molecule has 0 aromatic heterocycles. The molecule has 2 N–H and O–H groups in total. The number of hydrogen-bond donors (Lipinski definition) is 2. The molecular weight excluding hydrogens is 366 g/mol. The maximum absolute atomic E-state index is 12.4. The molecule has 3 rings (SSSR count). The number of benzene rings is 3. The van der Waals surface area contributed by atoms with E-state index >= 15 is 0 Å². The molecule has 0 spiro atoms. The lowest BCUT2D eigenvalue weighted by Gasteiger charge is -2.14. The van der Waals surface area contributed by atoms with Crippen LogP contribution < -0.4 is 15.5 Å². The van der Waals surface area contributed by atoms with Crippen LogP contribution in [0.3, 0.4) is 0 Å². The summed E-state index contributed by atoms with van der Waals surface area (Å²) < 4.78 is 5.90. The Kier molecular flexibility index (Phi) is 6.24. The fourth-order valence-electron chi connectivity index (χ4n) is 2.93. The largest absolute Gasteiger partial charge is 0.490 e. The summed E-state index contributed by atoms with van der Waals surface area (Å²) in [6.45, 7) is 5.33. The number of nitrogens with one attached hydrogen (secondary N) is 2. The van der Waals surface area contributed by atoms with Crippen LogP contribution in [0.1, 0.15) is 36.7 Å². The highest BCUT2D eigenvalue weighted by atomic mass is 16.5. The van der Waals surface area contributed by atoms with Gasteiger partial charge in [-0.25, -0.2) is 5.43 Å². The van der Waals surface area contributed by atoms with Gasteiger partial charge in [0.2, 0.25) is 5.91 Å². The van der Waals surface area contributed by atoms with Gasteiger partial charge in [-0.05, 0) is 48.9 Å². The third-order valence-electron chi connectivity index (χ3n) is 4.10. The number of carbonyl (C=O) groups excluding carboxylic acids is 2. The van der Waals surface area contributed by atoms with Crippen molar-refractivity contribution in [3.8, 4) is 5.75 Å². The van der Waals surface area contributed by atoms with Crippen molar-refractivity contribution in [2.45, 2.75) is 26.9 Å². The molecule has 148 valence electrons. The van der Waals surface area contributed by atoms with E-state index < -0.39 is 0 Å². The highest BCUT2D eigenvalue weighted by molar-refractivity contribution is 6.03. The Morgan fingerprint density at radius 3 is 2.59 bits per heavy atom. The molecule has 0 aliphatic rings. The van der Waals surface area contributed by atoms with Crippen molar-refractivity contribution < 1.29 is 14.3 Å². The predicted molar refractivity (Wildman–Crippen MR) is 116 cm³/mol. The second-order valence-electron chi connectivity index (χ2n) is 6.83. The highest BCUT2D eigenvalue weighted by Crippen LogP contribution is 2.27. The molecule has 0 aliphatic carbocycles. The minimum atomic E-state index is -0.375. The Morgan fingerprint density at radius 1 is 1.03 bits per heavy atom. The van der Waals surface area contributed by atoms with E-state index in [0.29, 0.717) is 17.0 Å². The van der Waals surface area contributed by atoms with E-state index in [2.05, 4.69) is 15.8 Å². The average molecular weight is 389 g/mol. The number of anilines is 1. The van der Waals surface area contributed by atoms with Gasteiger partial charge in [-0.3, -0.25) is 9.59 Å².